The highest BCUT2D eigenvalue weighted by Crippen LogP contribution is 2.65. The average Bonchev–Trinajstić information content (AvgIpc) is 2.34. The number of fused-ring (bicyclic) bond motifs is 2. The number of nitrogens with two attached hydrogens (primary N) is 1. The third-order valence-corrected chi connectivity index (χ3v) is 5.71. The summed E-state index contributed by atoms with van der Waals surface area (Å²) in [7, 11) is -3.57. The maximum atomic E-state index is 11.1. The van der Waals surface area contributed by atoms with Gasteiger partial charge in [0, 0.05) is 6.04 Å². The molecule has 2 aliphatic rings. The Kier molecular flexibility index (Phi) is 2.24. The van der Waals surface area contributed by atoms with Crippen LogP contribution in [0.25, 0.3) is 0 Å². The molecule has 0 heterocycles. The van der Waals surface area contributed by atoms with Crippen LogP contribution in [-0.2, 0) is 10.2 Å². The van der Waals surface area contributed by atoms with Gasteiger partial charge in [0.1, 0.15) is 0 Å². The van der Waals surface area contributed by atoms with Crippen molar-refractivity contribution in [3.8, 4) is 0 Å². The van der Waals surface area contributed by atoms with E-state index in [1.807, 2.05) is 0 Å². The number of rotatable bonds is 2. The van der Waals surface area contributed by atoms with Crippen LogP contribution in [0.4, 0.5) is 0 Å². The van der Waals surface area contributed by atoms with Crippen molar-refractivity contribution < 1.29 is 8.42 Å². The van der Waals surface area contributed by atoms with Crippen LogP contribution < -0.4 is 9.86 Å². The summed E-state index contributed by atoms with van der Waals surface area (Å²) in [5, 5.41) is 5.06. The molecule has 3 atom stereocenters. The minimum atomic E-state index is -3.57. The molecule has 2 bridgehead atoms. The summed E-state index contributed by atoms with van der Waals surface area (Å²) in [6.07, 6.45) is 3.24. The third-order valence-electron chi connectivity index (χ3n) is 5.10. The van der Waals surface area contributed by atoms with Crippen LogP contribution in [0.3, 0.4) is 0 Å². The van der Waals surface area contributed by atoms with Crippen molar-refractivity contribution in [2.45, 2.75) is 46.1 Å². The summed E-state index contributed by atoms with van der Waals surface area (Å²) < 4.78 is 24.8. The molecule has 15 heavy (non-hydrogen) atoms. The van der Waals surface area contributed by atoms with E-state index < -0.39 is 10.2 Å². The van der Waals surface area contributed by atoms with Gasteiger partial charge in [0.25, 0.3) is 10.2 Å². The largest absolute Gasteiger partial charge is 0.274 e. The Hall–Kier alpha value is -0.130. The zero-order chi connectivity index (χ0) is 11.5. The molecular weight excluding hydrogens is 212 g/mol. The lowest BCUT2D eigenvalue weighted by molar-refractivity contribution is 0.130. The highest BCUT2D eigenvalue weighted by Gasteiger charge is 2.61. The second kappa shape index (κ2) is 2.96. The molecule has 2 aliphatic carbocycles. The van der Waals surface area contributed by atoms with Crippen LogP contribution in [0.5, 0.6) is 0 Å². The van der Waals surface area contributed by atoms with E-state index in [1.54, 1.807) is 0 Å². The molecular formula is C10H20N2O2S. The van der Waals surface area contributed by atoms with E-state index in [9.17, 15) is 8.42 Å². The van der Waals surface area contributed by atoms with Gasteiger partial charge in [-0.1, -0.05) is 20.8 Å². The summed E-state index contributed by atoms with van der Waals surface area (Å²) >= 11 is 0. The number of nitrogens with one attached hydrogen (secondary N) is 1. The maximum Gasteiger partial charge on any atom is 0.274 e. The molecule has 0 aromatic carbocycles. The average molecular weight is 232 g/mol. The van der Waals surface area contributed by atoms with Crippen molar-refractivity contribution in [3.63, 3.8) is 0 Å². The third kappa shape index (κ3) is 1.52. The fraction of sp³-hybridized carbons (Fsp3) is 1.00. The van der Waals surface area contributed by atoms with E-state index in [0.29, 0.717) is 5.92 Å². The van der Waals surface area contributed by atoms with Crippen LogP contribution in [-0.4, -0.2) is 14.5 Å². The molecule has 3 unspecified atom stereocenters. The van der Waals surface area contributed by atoms with Gasteiger partial charge < -0.3 is 0 Å². The minimum absolute atomic E-state index is 0.0150. The Balaban J connectivity index is 2.27. The van der Waals surface area contributed by atoms with Crippen LogP contribution in [0.15, 0.2) is 0 Å². The molecule has 0 amide bonds. The standard InChI is InChI=1S/C10H20N2O2S/c1-9(2)7-4-5-10(9,3)8(6-7)12-15(11,13)14/h7-8,12H,4-6H2,1-3H3,(H2,11,13,14). The molecule has 2 rings (SSSR count). The van der Waals surface area contributed by atoms with Crippen molar-refractivity contribution in [2.24, 2.45) is 21.9 Å². The Bertz CT molecular complexity index is 377. The summed E-state index contributed by atoms with van der Waals surface area (Å²) in [6, 6.07) is 0.0150. The smallest absolute Gasteiger partial charge is 0.216 e. The van der Waals surface area contributed by atoms with E-state index >= 15 is 0 Å². The molecule has 2 saturated carbocycles. The fourth-order valence-corrected chi connectivity index (χ4v) is 4.33. The lowest BCUT2D eigenvalue weighted by Crippen LogP contribution is -2.48. The van der Waals surface area contributed by atoms with E-state index in [4.69, 9.17) is 5.14 Å². The van der Waals surface area contributed by atoms with Gasteiger partial charge in [-0.15, -0.1) is 0 Å². The Morgan fingerprint density at radius 2 is 1.93 bits per heavy atom. The van der Waals surface area contributed by atoms with Crippen LogP contribution in [0.2, 0.25) is 0 Å². The van der Waals surface area contributed by atoms with E-state index in [2.05, 4.69) is 25.5 Å². The normalized spacial score (nSPS) is 43.5. The van der Waals surface area contributed by atoms with E-state index in [-0.39, 0.29) is 16.9 Å². The molecule has 0 saturated heterocycles. The second-order valence-electron chi connectivity index (χ2n) is 5.83. The first-order valence-electron chi connectivity index (χ1n) is 5.47. The van der Waals surface area contributed by atoms with Crippen molar-refractivity contribution >= 4 is 10.2 Å². The second-order valence-corrected chi connectivity index (χ2v) is 7.15. The first-order chi connectivity index (χ1) is 6.67. The minimum Gasteiger partial charge on any atom is -0.216 e. The Labute approximate surface area is 91.8 Å². The SMILES string of the molecule is CC1(C)C2CCC1(C)C(NS(N)(=O)=O)C2. The maximum absolute atomic E-state index is 11.1. The van der Waals surface area contributed by atoms with E-state index in [0.717, 1.165) is 12.8 Å². The fourth-order valence-electron chi connectivity index (χ4n) is 3.58. The van der Waals surface area contributed by atoms with Gasteiger partial charge in [-0.05, 0) is 36.0 Å². The molecule has 88 valence electrons. The molecule has 0 aliphatic heterocycles. The molecule has 4 nitrogen and oxygen atoms in total. The summed E-state index contributed by atoms with van der Waals surface area (Å²) in [4.78, 5) is 0. The van der Waals surface area contributed by atoms with Crippen LogP contribution in [0, 0.1) is 16.7 Å². The molecule has 0 aromatic rings. The Morgan fingerprint density at radius 1 is 1.33 bits per heavy atom. The molecule has 2 fully saturated rings. The summed E-state index contributed by atoms with van der Waals surface area (Å²) in [5.74, 6) is 0.627. The molecule has 0 aromatic heterocycles. The van der Waals surface area contributed by atoms with Gasteiger partial charge in [0.05, 0.1) is 0 Å². The van der Waals surface area contributed by atoms with Crippen LogP contribution >= 0.6 is 0 Å². The van der Waals surface area contributed by atoms with Crippen molar-refractivity contribution in [1.82, 2.24) is 4.72 Å². The quantitative estimate of drug-likeness (QED) is 0.745. The van der Waals surface area contributed by atoms with E-state index in [1.165, 1.54) is 6.42 Å². The van der Waals surface area contributed by atoms with Crippen LogP contribution in [0.1, 0.15) is 40.0 Å². The predicted molar refractivity (Wildman–Crippen MR) is 59.3 cm³/mol. The highest BCUT2D eigenvalue weighted by molar-refractivity contribution is 7.87. The predicted octanol–water partition coefficient (Wildman–Crippen LogP) is 0.994. The molecule has 0 radical (unpaired) electrons. The van der Waals surface area contributed by atoms with Crippen molar-refractivity contribution in [2.75, 3.05) is 0 Å². The van der Waals surface area contributed by atoms with Gasteiger partial charge in [-0.25, -0.2) is 5.14 Å². The van der Waals surface area contributed by atoms with Gasteiger partial charge in [0.2, 0.25) is 0 Å². The zero-order valence-corrected chi connectivity index (χ0v) is 10.4. The number of hydrogen-bond acceptors (Lipinski definition) is 2. The Morgan fingerprint density at radius 3 is 2.27 bits per heavy atom. The van der Waals surface area contributed by atoms with Crippen molar-refractivity contribution in [3.05, 3.63) is 0 Å². The summed E-state index contributed by atoms with van der Waals surface area (Å²) in [5.41, 5.74) is 0.277. The molecule has 5 heteroatoms. The highest BCUT2D eigenvalue weighted by atomic mass is 32.2. The summed E-state index contributed by atoms with van der Waals surface area (Å²) in [6.45, 7) is 6.67. The molecule has 3 N–H and O–H groups in total. The topological polar surface area (TPSA) is 72.2 Å². The van der Waals surface area contributed by atoms with Gasteiger partial charge in [0.15, 0.2) is 0 Å². The lowest BCUT2D eigenvalue weighted by Gasteiger charge is -2.39. The first kappa shape index (κ1) is 11.4. The van der Waals surface area contributed by atoms with Gasteiger partial charge in [-0.2, -0.15) is 13.1 Å². The first-order valence-corrected chi connectivity index (χ1v) is 7.01. The van der Waals surface area contributed by atoms with Gasteiger partial charge >= 0.3 is 0 Å². The monoisotopic (exact) mass is 232 g/mol. The zero-order valence-electron chi connectivity index (χ0n) is 9.58. The lowest BCUT2D eigenvalue weighted by atomic mass is 9.69. The van der Waals surface area contributed by atoms with Gasteiger partial charge in [-0.3, -0.25) is 0 Å². The number of hydrogen-bond donors (Lipinski definition) is 2. The van der Waals surface area contributed by atoms with Crippen molar-refractivity contribution in [1.29, 1.82) is 0 Å². The molecule has 0 spiro atoms.